The maximum absolute atomic E-state index is 12.8. The van der Waals surface area contributed by atoms with Crippen LogP contribution in [0.4, 0.5) is 0 Å². The van der Waals surface area contributed by atoms with Gasteiger partial charge >= 0.3 is 0 Å². The SMILES string of the molecule is CC[C@@H](Oc1cccc(OC)c1)C(=O)N(C)Cc1nc(-c2ccccc2Cl)no1. The van der Waals surface area contributed by atoms with Gasteiger partial charge in [-0.2, -0.15) is 4.98 Å². The Hall–Kier alpha value is -3.06. The summed E-state index contributed by atoms with van der Waals surface area (Å²) in [6.45, 7) is 2.05. The van der Waals surface area contributed by atoms with Crippen molar-refractivity contribution in [2.75, 3.05) is 14.2 Å². The van der Waals surface area contributed by atoms with Crippen molar-refractivity contribution in [2.45, 2.75) is 26.0 Å². The van der Waals surface area contributed by atoms with E-state index in [0.29, 0.717) is 40.2 Å². The van der Waals surface area contributed by atoms with Crippen LogP contribution in [0.2, 0.25) is 5.02 Å². The van der Waals surface area contributed by atoms with E-state index in [0.717, 1.165) is 0 Å². The zero-order chi connectivity index (χ0) is 20.8. The highest BCUT2D eigenvalue weighted by Gasteiger charge is 2.24. The Labute approximate surface area is 174 Å². The number of aromatic nitrogens is 2. The fourth-order valence-electron chi connectivity index (χ4n) is 2.74. The van der Waals surface area contributed by atoms with Crippen LogP contribution in [0.1, 0.15) is 19.2 Å². The molecule has 8 heteroatoms. The highest BCUT2D eigenvalue weighted by Crippen LogP contribution is 2.25. The largest absolute Gasteiger partial charge is 0.497 e. The van der Waals surface area contributed by atoms with Crippen LogP contribution in [0.3, 0.4) is 0 Å². The average molecular weight is 416 g/mol. The van der Waals surface area contributed by atoms with E-state index in [1.165, 1.54) is 4.90 Å². The molecule has 1 heterocycles. The van der Waals surface area contributed by atoms with Gasteiger partial charge in [0.2, 0.25) is 11.7 Å². The first-order chi connectivity index (χ1) is 14.0. The quantitative estimate of drug-likeness (QED) is 0.548. The Bertz CT molecular complexity index is 976. The van der Waals surface area contributed by atoms with E-state index in [1.807, 2.05) is 31.2 Å². The number of rotatable bonds is 8. The number of hydrogen-bond acceptors (Lipinski definition) is 6. The van der Waals surface area contributed by atoms with Crippen molar-refractivity contribution in [3.05, 3.63) is 59.4 Å². The van der Waals surface area contributed by atoms with E-state index in [-0.39, 0.29) is 12.5 Å². The number of amides is 1. The van der Waals surface area contributed by atoms with Gasteiger partial charge in [-0.1, -0.05) is 41.9 Å². The minimum absolute atomic E-state index is 0.161. The summed E-state index contributed by atoms with van der Waals surface area (Å²) in [6, 6.07) is 14.4. The second-order valence-corrected chi connectivity index (χ2v) is 6.79. The molecule has 3 rings (SSSR count). The molecule has 0 radical (unpaired) electrons. The van der Waals surface area contributed by atoms with Crippen LogP contribution < -0.4 is 9.47 Å². The van der Waals surface area contributed by atoms with Crippen LogP contribution >= 0.6 is 11.6 Å². The topological polar surface area (TPSA) is 77.7 Å². The van der Waals surface area contributed by atoms with Gasteiger partial charge < -0.3 is 18.9 Å². The Balaban J connectivity index is 1.67. The van der Waals surface area contributed by atoms with Crippen molar-refractivity contribution in [2.24, 2.45) is 0 Å². The van der Waals surface area contributed by atoms with E-state index >= 15 is 0 Å². The molecule has 7 nitrogen and oxygen atoms in total. The van der Waals surface area contributed by atoms with Crippen LogP contribution in [-0.4, -0.2) is 41.2 Å². The maximum Gasteiger partial charge on any atom is 0.263 e. The van der Waals surface area contributed by atoms with E-state index in [9.17, 15) is 4.79 Å². The molecule has 2 aromatic carbocycles. The molecule has 0 bridgehead atoms. The minimum atomic E-state index is -0.641. The monoisotopic (exact) mass is 415 g/mol. The van der Waals surface area contributed by atoms with Crippen molar-refractivity contribution in [1.29, 1.82) is 0 Å². The summed E-state index contributed by atoms with van der Waals surface area (Å²) in [5, 5.41) is 4.49. The molecule has 152 valence electrons. The molecule has 0 aliphatic rings. The summed E-state index contributed by atoms with van der Waals surface area (Å²) in [5.41, 5.74) is 0.672. The lowest BCUT2D eigenvalue weighted by Crippen LogP contribution is -2.39. The molecule has 29 heavy (non-hydrogen) atoms. The summed E-state index contributed by atoms with van der Waals surface area (Å²) in [6.07, 6.45) is -0.132. The highest BCUT2D eigenvalue weighted by molar-refractivity contribution is 6.33. The summed E-state index contributed by atoms with van der Waals surface area (Å²) >= 11 is 6.17. The molecule has 1 aromatic heterocycles. The van der Waals surface area contributed by atoms with Crippen LogP contribution in [-0.2, 0) is 11.3 Å². The van der Waals surface area contributed by atoms with Crippen molar-refractivity contribution >= 4 is 17.5 Å². The maximum atomic E-state index is 12.8. The highest BCUT2D eigenvalue weighted by atomic mass is 35.5. The number of halogens is 1. The third-order valence-electron chi connectivity index (χ3n) is 4.30. The first-order valence-corrected chi connectivity index (χ1v) is 9.52. The van der Waals surface area contributed by atoms with Gasteiger partial charge in [0, 0.05) is 18.7 Å². The van der Waals surface area contributed by atoms with Gasteiger partial charge in [-0.15, -0.1) is 0 Å². The van der Waals surface area contributed by atoms with E-state index in [2.05, 4.69) is 10.1 Å². The second-order valence-electron chi connectivity index (χ2n) is 6.38. The molecular formula is C21H22ClN3O4. The van der Waals surface area contributed by atoms with Crippen molar-refractivity contribution in [3.63, 3.8) is 0 Å². The van der Waals surface area contributed by atoms with Crippen LogP contribution in [0, 0.1) is 0 Å². The normalized spacial score (nSPS) is 11.7. The Morgan fingerprint density at radius 3 is 2.69 bits per heavy atom. The van der Waals surface area contributed by atoms with Gasteiger partial charge in [0.1, 0.15) is 11.5 Å². The molecule has 0 unspecified atom stereocenters. The molecular weight excluding hydrogens is 394 g/mol. The second kappa shape index (κ2) is 9.43. The Morgan fingerprint density at radius 2 is 1.97 bits per heavy atom. The third-order valence-corrected chi connectivity index (χ3v) is 4.63. The van der Waals surface area contributed by atoms with E-state index in [4.69, 9.17) is 25.6 Å². The van der Waals surface area contributed by atoms with E-state index in [1.54, 1.807) is 38.4 Å². The number of carbonyl (C=O) groups excluding carboxylic acids is 1. The third kappa shape index (κ3) is 5.06. The fourth-order valence-corrected chi connectivity index (χ4v) is 2.97. The lowest BCUT2D eigenvalue weighted by molar-refractivity contribution is -0.138. The minimum Gasteiger partial charge on any atom is -0.497 e. The molecule has 0 N–H and O–H groups in total. The number of carbonyl (C=O) groups is 1. The molecule has 3 aromatic rings. The standard InChI is InChI=1S/C21H22ClN3O4/c1-4-18(28-15-9-7-8-14(12-15)27-3)21(26)25(2)13-19-23-20(24-29-19)16-10-5-6-11-17(16)22/h5-12,18H,4,13H2,1-3H3/t18-/m1/s1. The summed E-state index contributed by atoms with van der Waals surface area (Å²) < 4.78 is 16.3. The molecule has 1 atom stereocenters. The van der Waals surface area contributed by atoms with E-state index < -0.39 is 6.10 Å². The molecule has 0 fully saturated rings. The lowest BCUT2D eigenvalue weighted by atomic mass is 10.2. The number of likely N-dealkylation sites (N-methyl/N-ethyl adjacent to an activating group) is 1. The molecule has 0 saturated carbocycles. The number of ether oxygens (including phenoxy) is 2. The Morgan fingerprint density at radius 1 is 1.21 bits per heavy atom. The van der Waals surface area contributed by atoms with Gasteiger partial charge in [-0.05, 0) is 30.7 Å². The summed E-state index contributed by atoms with van der Waals surface area (Å²) in [7, 11) is 3.25. The first-order valence-electron chi connectivity index (χ1n) is 9.15. The predicted octanol–water partition coefficient (Wildman–Crippen LogP) is 4.21. The van der Waals surface area contributed by atoms with Gasteiger partial charge in [-0.3, -0.25) is 4.79 Å². The smallest absolute Gasteiger partial charge is 0.263 e. The molecule has 0 aliphatic heterocycles. The first kappa shape index (κ1) is 20.7. The molecule has 1 amide bonds. The summed E-state index contributed by atoms with van der Waals surface area (Å²) in [4.78, 5) is 18.7. The van der Waals surface area contributed by atoms with Crippen molar-refractivity contribution < 1.29 is 18.8 Å². The molecule has 0 saturated heterocycles. The predicted molar refractivity (Wildman–Crippen MR) is 109 cm³/mol. The zero-order valence-corrected chi connectivity index (χ0v) is 17.2. The summed E-state index contributed by atoms with van der Waals surface area (Å²) in [5.74, 6) is 1.74. The van der Waals surface area contributed by atoms with Gasteiger partial charge in [0.15, 0.2) is 6.10 Å². The number of hydrogen-bond donors (Lipinski definition) is 0. The number of nitrogens with zero attached hydrogens (tertiary/aromatic N) is 3. The van der Waals surface area contributed by atoms with Gasteiger partial charge in [0.05, 0.1) is 18.7 Å². The Kier molecular flexibility index (Phi) is 6.72. The van der Waals surface area contributed by atoms with Gasteiger partial charge in [-0.25, -0.2) is 0 Å². The molecule has 0 spiro atoms. The van der Waals surface area contributed by atoms with Crippen LogP contribution in [0.5, 0.6) is 11.5 Å². The fraction of sp³-hybridized carbons (Fsp3) is 0.286. The average Bonchev–Trinajstić information content (AvgIpc) is 3.20. The van der Waals surface area contributed by atoms with Gasteiger partial charge in [0.25, 0.3) is 5.91 Å². The van der Waals surface area contributed by atoms with Crippen molar-refractivity contribution in [3.8, 4) is 22.9 Å². The number of methoxy groups -OCH3 is 1. The molecule has 0 aliphatic carbocycles. The van der Waals surface area contributed by atoms with Crippen LogP contribution in [0.15, 0.2) is 53.1 Å². The van der Waals surface area contributed by atoms with Crippen LogP contribution in [0.25, 0.3) is 11.4 Å². The van der Waals surface area contributed by atoms with Crippen molar-refractivity contribution in [1.82, 2.24) is 15.0 Å². The lowest BCUT2D eigenvalue weighted by Gasteiger charge is -2.22. The zero-order valence-electron chi connectivity index (χ0n) is 16.5. The number of benzene rings is 2.